The highest BCUT2D eigenvalue weighted by Gasteiger charge is 2.28. The van der Waals surface area contributed by atoms with Gasteiger partial charge in [0, 0.05) is 7.05 Å². The molecule has 2 heterocycles. The molecule has 9 heteroatoms. The second kappa shape index (κ2) is 4.21. The van der Waals surface area contributed by atoms with Crippen LogP contribution in [0.2, 0.25) is 5.15 Å². The van der Waals surface area contributed by atoms with E-state index in [-0.39, 0.29) is 21.5 Å². The first kappa shape index (κ1) is 12.2. The van der Waals surface area contributed by atoms with Gasteiger partial charge in [0.15, 0.2) is 15.9 Å². The summed E-state index contributed by atoms with van der Waals surface area (Å²) in [5.41, 5.74) is 0.122. The Morgan fingerprint density at radius 2 is 2.24 bits per heavy atom. The molecule has 0 saturated carbocycles. The number of hydrogen-bond donors (Lipinski definition) is 1. The molecule has 1 aromatic heterocycles. The first-order chi connectivity index (χ1) is 7.91. The van der Waals surface area contributed by atoms with Gasteiger partial charge in [-0.1, -0.05) is 11.6 Å². The zero-order valence-electron chi connectivity index (χ0n) is 8.88. The summed E-state index contributed by atoms with van der Waals surface area (Å²) in [4.78, 5) is 0. The van der Waals surface area contributed by atoms with Crippen LogP contribution in [0.1, 0.15) is 5.56 Å². The predicted molar refractivity (Wildman–Crippen MR) is 59.5 cm³/mol. The number of sulfonamides is 1. The van der Waals surface area contributed by atoms with E-state index in [4.69, 9.17) is 26.2 Å². The van der Waals surface area contributed by atoms with E-state index >= 15 is 0 Å². The molecule has 0 aromatic carbocycles. The van der Waals surface area contributed by atoms with Crippen LogP contribution in [-0.4, -0.2) is 31.4 Å². The van der Waals surface area contributed by atoms with Crippen LogP contribution in [0.25, 0.3) is 5.76 Å². The van der Waals surface area contributed by atoms with E-state index in [0.29, 0.717) is 13.2 Å². The Labute approximate surface area is 103 Å². The van der Waals surface area contributed by atoms with Crippen molar-refractivity contribution in [3.8, 4) is 0 Å². The highest BCUT2D eigenvalue weighted by atomic mass is 35.5. The lowest BCUT2D eigenvalue weighted by atomic mass is 10.3. The van der Waals surface area contributed by atoms with Gasteiger partial charge < -0.3 is 9.47 Å². The summed E-state index contributed by atoms with van der Waals surface area (Å²) in [6.45, 7) is 0.702. The molecule has 2 rings (SSSR count). The standard InChI is InChI=1S/C8H10ClN3O4S/c1-12-8(17(10,13)14)6(7(9)11-12)5-4-15-2-3-16-5/h4H,2-3H2,1H3,(H2,10,13,14). The molecule has 1 aliphatic rings. The second-order valence-corrected chi connectivity index (χ2v) is 5.18. The Kier molecular flexibility index (Phi) is 3.02. The molecule has 0 radical (unpaired) electrons. The molecule has 0 fully saturated rings. The van der Waals surface area contributed by atoms with E-state index in [0.717, 1.165) is 4.68 Å². The average molecular weight is 280 g/mol. The SMILES string of the molecule is Cn1nc(Cl)c(C2=COCCO2)c1S(N)(=O)=O. The van der Waals surface area contributed by atoms with Gasteiger partial charge in [-0.25, -0.2) is 13.6 Å². The molecule has 0 amide bonds. The normalized spacial score (nSPS) is 16.1. The highest BCUT2D eigenvalue weighted by molar-refractivity contribution is 7.89. The first-order valence-corrected chi connectivity index (χ1v) is 6.54. The molecular weight excluding hydrogens is 270 g/mol. The Balaban J connectivity index is 2.64. The maximum Gasteiger partial charge on any atom is 0.256 e. The van der Waals surface area contributed by atoms with Gasteiger partial charge in [-0.3, -0.25) is 4.68 Å². The molecule has 1 aliphatic heterocycles. The lowest BCUT2D eigenvalue weighted by Gasteiger charge is -2.15. The van der Waals surface area contributed by atoms with Crippen LogP contribution in [0.4, 0.5) is 0 Å². The molecule has 0 atom stereocenters. The Morgan fingerprint density at radius 3 is 2.76 bits per heavy atom. The molecule has 1 aromatic rings. The van der Waals surface area contributed by atoms with Gasteiger partial charge in [0.05, 0.1) is 5.56 Å². The molecule has 0 spiro atoms. The van der Waals surface area contributed by atoms with Crippen molar-refractivity contribution in [1.29, 1.82) is 0 Å². The van der Waals surface area contributed by atoms with Crippen LogP contribution in [0, 0.1) is 0 Å². The van der Waals surface area contributed by atoms with Crippen LogP contribution in [0.15, 0.2) is 11.3 Å². The van der Waals surface area contributed by atoms with Crippen LogP contribution < -0.4 is 5.14 Å². The number of hydrogen-bond acceptors (Lipinski definition) is 5. The lowest BCUT2D eigenvalue weighted by Crippen LogP contribution is -2.19. The summed E-state index contributed by atoms with van der Waals surface area (Å²) < 4.78 is 34.3. The first-order valence-electron chi connectivity index (χ1n) is 4.61. The quantitative estimate of drug-likeness (QED) is 0.826. The van der Waals surface area contributed by atoms with Gasteiger partial charge in [0.2, 0.25) is 0 Å². The number of halogens is 1. The second-order valence-electron chi connectivity index (χ2n) is 3.34. The number of ether oxygens (including phenoxy) is 2. The molecule has 0 saturated heterocycles. The van der Waals surface area contributed by atoms with Crippen molar-refractivity contribution < 1.29 is 17.9 Å². The molecule has 2 N–H and O–H groups in total. The summed E-state index contributed by atoms with van der Waals surface area (Å²) in [6.07, 6.45) is 1.29. The number of nitrogens with two attached hydrogens (primary N) is 1. The van der Waals surface area contributed by atoms with E-state index in [1.165, 1.54) is 13.3 Å². The largest absolute Gasteiger partial charge is 0.494 e. The number of aryl methyl sites for hydroxylation is 1. The smallest absolute Gasteiger partial charge is 0.256 e. The zero-order valence-corrected chi connectivity index (χ0v) is 10.5. The highest BCUT2D eigenvalue weighted by Crippen LogP contribution is 2.31. The van der Waals surface area contributed by atoms with Crippen molar-refractivity contribution in [3.05, 3.63) is 17.0 Å². The van der Waals surface area contributed by atoms with Crippen LogP contribution >= 0.6 is 11.6 Å². The van der Waals surface area contributed by atoms with Gasteiger partial charge in [-0.2, -0.15) is 5.10 Å². The summed E-state index contributed by atoms with van der Waals surface area (Å²) in [5.74, 6) is 0.207. The van der Waals surface area contributed by atoms with Gasteiger partial charge in [0.25, 0.3) is 10.0 Å². The van der Waals surface area contributed by atoms with E-state index in [1.54, 1.807) is 0 Å². The van der Waals surface area contributed by atoms with Crippen molar-refractivity contribution >= 4 is 27.4 Å². The Morgan fingerprint density at radius 1 is 1.53 bits per heavy atom. The number of aromatic nitrogens is 2. The van der Waals surface area contributed by atoms with Crippen molar-refractivity contribution in [2.75, 3.05) is 13.2 Å². The number of primary sulfonamides is 1. The summed E-state index contributed by atoms with van der Waals surface area (Å²) in [6, 6.07) is 0. The maximum absolute atomic E-state index is 11.5. The minimum absolute atomic E-state index is 0.00623. The van der Waals surface area contributed by atoms with Crippen LogP contribution in [0.5, 0.6) is 0 Å². The van der Waals surface area contributed by atoms with Gasteiger partial charge in [-0.15, -0.1) is 0 Å². The molecular formula is C8H10ClN3O4S. The average Bonchev–Trinajstić information content (AvgIpc) is 2.54. The van der Waals surface area contributed by atoms with E-state index in [9.17, 15) is 8.42 Å². The van der Waals surface area contributed by atoms with Crippen LogP contribution in [-0.2, 0) is 26.5 Å². The van der Waals surface area contributed by atoms with Gasteiger partial charge >= 0.3 is 0 Å². The predicted octanol–water partition coefficient (Wildman–Crippen LogP) is 0.0661. The van der Waals surface area contributed by atoms with Gasteiger partial charge in [-0.05, 0) is 0 Å². The fourth-order valence-electron chi connectivity index (χ4n) is 1.51. The van der Waals surface area contributed by atoms with Gasteiger partial charge in [0.1, 0.15) is 19.5 Å². The number of nitrogens with zero attached hydrogens (tertiary/aromatic N) is 2. The maximum atomic E-state index is 11.5. The summed E-state index contributed by atoms with van der Waals surface area (Å²) >= 11 is 5.86. The fourth-order valence-corrected chi connectivity index (χ4v) is 2.75. The minimum atomic E-state index is -3.95. The zero-order chi connectivity index (χ0) is 12.6. The molecule has 94 valence electrons. The van der Waals surface area contributed by atoms with E-state index in [1.807, 2.05) is 0 Å². The topological polar surface area (TPSA) is 96.4 Å². The molecule has 0 bridgehead atoms. The fraction of sp³-hybridized carbons (Fsp3) is 0.375. The minimum Gasteiger partial charge on any atom is -0.494 e. The summed E-state index contributed by atoms with van der Waals surface area (Å²) in [7, 11) is -2.52. The van der Waals surface area contributed by atoms with Crippen LogP contribution in [0.3, 0.4) is 0 Å². The molecule has 17 heavy (non-hydrogen) atoms. The van der Waals surface area contributed by atoms with E-state index < -0.39 is 10.0 Å². The lowest BCUT2D eigenvalue weighted by molar-refractivity contribution is 0.125. The van der Waals surface area contributed by atoms with Crippen molar-refractivity contribution in [2.45, 2.75) is 5.03 Å². The molecule has 0 aliphatic carbocycles. The van der Waals surface area contributed by atoms with Crippen molar-refractivity contribution in [3.63, 3.8) is 0 Å². The van der Waals surface area contributed by atoms with Crippen molar-refractivity contribution in [1.82, 2.24) is 9.78 Å². The van der Waals surface area contributed by atoms with Crippen molar-refractivity contribution in [2.24, 2.45) is 12.2 Å². The van der Waals surface area contributed by atoms with E-state index in [2.05, 4.69) is 5.10 Å². The third-order valence-electron chi connectivity index (χ3n) is 2.12. The monoisotopic (exact) mass is 279 g/mol. The third-order valence-corrected chi connectivity index (χ3v) is 3.39. The Hall–Kier alpha value is -1.25. The molecule has 0 unspecified atom stereocenters. The number of rotatable bonds is 2. The Bertz CT molecular complexity index is 578. The third kappa shape index (κ3) is 2.24. The molecule has 7 nitrogen and oxygen atoms in total. The summed E-state index contributed by atoms with van der Waals surface area (Å²) in [5, 5.41) is 8.69.